The van der Waals surface area contributed by atoms with E-state index in [0.717, 1.165) is 38.4 Å². The summed E-state index contributed by atoms with van der Waals surface area (Å²) in [6, 6.07) is 18.7. The minimum atomic E-state index is 0.758. The molecule has 1 N–H and O–H groups in total. The maximum atomic E-state index is 5.92. The molecule has 22 heavy (non-hydrogen) atoms. The number of ether oxygens (including phenoxy) is 1. The van der Waals surface area contributed by atoms with E-state index in [1.807, 2.05) is 12.1 Å². The molecule has 0 atom stereocenters. The van der Waals surface area contributed by atoms with Crippen LogP contribution in [-0.2, 0) is 13.1 Å². The Morgan fingerprint density at radius 1 is 0.909 bits per heavy atom. The van der Waals surface area contributed by atoms with Gasteiger partial charge in [-0.15, -0.1) is 0 Å². The molecular weight excluding hydrogens is 272 g/mol. The van der Waals surface area contributed by atoms with Crippen molar-refractivity contribution in [1.82, 2.24) is 10.2 Å². The van der Waals surface area contributed by atoms with Crippen LogP contribution in [0.5, 0.6) is 5.75 Å². The van der Waals surface area contributed by atoms with E-state index in [1.165, 1.54) is 11.1 Å². The molecule has 3 nitrogen and oxygen atoms in total. The molecule has 0 aromatic heterocycles. The lowest BCUT2D eigenvalue weighted by atomic mass is 10.2. The fraction of sp³-hybridized carbons (Fsp3) is 0.368. The molecule has 2 rings (SSSR count). The number of benzene rings is 2. The second kappa shape index (κ2) is 9.23. The van der Waals surface area contributed by atoms with Crippen molar-refractivity contribution in [2.24, 2.45) is 0 Å². The average Bonchev–Trinajstić information content (AvgIpc) is 2.54. The monoisotopic (exact) mass is 298 g/mol. The molecule has 2 aromatic carbocycles. The number of nitrogens with one attached hydrogen (secondary N) is 1. The Hall–Kier alpha value is -1.84. The topological polar surface area (TPSA) is 24.5 Å². The zero-order valence-corrected chi connectivity index (χ0v) is 13.6. The number of rotatable bonds is 9. The van der Waals surface area contributed by atoms with E-state index in [9.17, 15) is 0 Å². The predicted molar refractivity (Wildman–Crippen MR) is 92.1 cm³/mol. The maximum absolute atomic E-state index is 5.92. The van der Waals surface area contributed by atoms with Gasteiger partial charge in [0.1, 0.15) is 5.75 Å². The Labute approximate surface area is 133 Å². The molecule has 0 bridgehead atoms. The molecule has 0 spiro atoms. The molecule has 0 amide bonds. The second-order valence-electron chi connectivity index (χ2n) is 5.70. The Bertz CT molecular complexity index is 540. The van der Waals surface area contributed by atoms with Crippen LogP contribution in [0.2, 0.25) is 0 Å². The molecule has 0 aliphatic rings. The summed E-state index contributed by atoms with van der Waals surface area (Å²) in [5.41, 5.74) is 2.51. The summed E-state index contributed by atoms with van der Waals surface area (Å²) in [6.07, 6.45) is 1.04. The largest absolute Gasteiger partial charge is 0.493 e. The Morgan fingerprint density at radius 2 is 1.64 bits per heavy atom. The lowest BCUT2D eigenvalue weighted by Crippen LogP contribution is -2.16. The van der Waals surface area contributed by atoms with Crippen LogP contribution in [0.25, 0.3) is 0 Å². The van der Waals surface area contributed by atoms with Gasteiger partial charge >= 0.3 is 0 Å². The van der Waals surface area contributed by atoms with Gasteiger partial charge in [0, 0.05) is 25.2 Å². The number of nitrogens with zero attached hydrogens (tertiary/aromatic N) is 1. The molecule has 0 saturated heterocycles. The number of hydrogen-bond acceptors (Lipinski definition) is 3. The summed E-state index contributed by atoms with van der Waals surface area (Å²) in [5, 5.41) is 3.48. The Kier molecular flexibility index (Phi) is 6.94. The molecule has 0 fully saturated rings. The van der Waals surface area contributed by atoms with Gasteiger partial charge in [0.15, 0.2) is 0 Å². The minimum absolute atomic E-state index is 0.758. The van der Waals surface area contributed by atoms with Crippen LogP contribution in [0.1, 0.15) is 17.5 Å². The maximum Gasteiger partial charge on any atom is 0.123 e. The highest BCUT2D eigenvalue weighted by Gasteiger charge is 2.03. The minimum Gasteiger partial charge on any atom is -0.493 e. The van der Waals surface area contributed by atoms with Crippen molar-refractivity contribution in [3.8, 4) is 5.75 Å². The summed E-state index contributed by atoms with van der Waals surface area (Å²) >= 11 is 0. The van der Waals surface area contributed by atoms with Crippen LogP contribution in [0.15, 0.2) is 54.6 Å². The Morgan fingerprint density at radius 3 is 2.41 bits per heavy atom. The molecule has 0 saturated carbocycles. The number of hydrogen-bond donors (Lipinski definition) is 1. The van der Waals surface area contributed by atoms with Gasteiger partial charge in [-0.2, -0.15) is 0 Å². The molecule has 0 aliphatic heterocycles. The summed E-state index contributed by atoms with van der Waals surface area (Å²) in [5.74, 6) is 0.988. The van der Waals surface area contributed by atoms with E-state index < -0.39 is 0 Å². The van der Waals surface area contributed by atoms with Crippen LogP contribution in [0, 0.1) is 0 Å². The standard InChI is InChI=1S/C19H26N2O/c1-21(2)13-8-14-22-19-12-7-6-11-18(19)16-20-15-17-9-4-3-5-10-17/h3-7,9-12,20H,8,13-16H2,1-2H3. The zero-order chi connectivity index (χ0) is 15.6. The van der Waals surface area contributed by atoms with E-state index in [0.29, 0.717) is 0 Å². The van der Waals surface area contributed by atoms with Crippen LogP contribution in [0.3, 0.4) is 0 Å². The first-order valence-electron chi connectivity index (χ1n) is 7.86. The van der Waals surface area contributed by atoms with Gasteiger partial charge in [-0.1, -0.05) is 48.5 Å². The normalized spacial score (nSPS) is 10.9. The van der Waals surface area contributed by atoms with Gasteiger partial charge in [0.25, 0.3) is 0 Å². The smallest absolute Gasteiger partial charge is 0.123 e. The van der Waals surface area contributed by atoms with Crippen LogP contribution in [-0.4, -0.2) is 32.1 Å². The highest BCUT2D eigenvalue weighted by Crippen LogP contribution is 2.18. The van der Waals surface area contributed by atoms with E-state index in [1.54, 1.807) is 0 Å². The van der Waals surface area contributed by atoms with Gasteiger partial charge in [0.2, 0.25) is 0 Å². The molecule has 0 heterocycles. The van der Waals surface area contributed by atoms with E-state index >= 15 is 0 Å². The summed E-state index contributed by atoms with van der Waals surface area (Å²) in [4.78, 5) is 2.18. The SMILES string of the molecule is CN(C)CCCOc1ccccc1CNCc1ccccc1. The fourth-order valence-electron chi connectivity index (χ4n) is 2.29. The third-order valence-electron chi connectivity index (χ3n) is 3.47. The molecule has 2 aromatic rings. The first-order chi connectivity index (χ1) is 10.8. The third kappa shape index (κ3) is 5.88. The summed E-state index contributed by atoms with van der Waals surface area (Å²) in [6.45, 7) is 3.50. The van der Waals surface area contributed by atoms with Gasteiger partial charge in [0.05, 0.1) is 6.61 Å². The third-order valence-corrected chi connectivity index (χ3v) is 3.47. The second-order valence-corrected chi connectivity index (χ2v) is 5.70. The van der Waals surface area contributed by atoms with E-state index in [2.05, 4.69) is 66.8 Å². The van der Waals surface area contributed by atoms with Crippen molar-refractivity contribution in [3.05, 3.63) is 65.7 Å². The molecule has 3 heteroatoms. The number of para-hydroxylation sites is 1. The van der Waals surface area contributed by atoms with Crippen molar-refractivity contribution in [1.29, 1.82) is 0 Å². The van der Waals surface area contributed by atoms with E-state index in [-0.39, 0.29) is 0 Å². The van der Waals surface area contributed by atoms with Gasteiger partial charge in [-0.05, 0) is 32.1 Å². The molecule has 0 unspecified atom stereocenters. The molecular formula is C19H26N2O. The first-order valence-corrected chi connectivity index (χ1v) is 7.86. The highest BCUT2D eigenvalue weighted by atomic mass is 16.5. The zero-order valence-electron chi connectivity index (χ0n) is 13.6. The quantitative estimate of drug-likeness (QED) is 0.719. The fourth-order valence-corrected chi connectivity index (χ4v) is 2.29. The molecule has 0 aliphatic carbocycles. The van der Waals surface area contributed by atoms with Crippen molar-refractivity contribution in [2.45, 2.75) is 19.5 Å². The van der Waals surface area contributed by atoms with Crippen molar-refractivity contribution >= 4 is 0 Å². The summed E-state index contributed by atoms with van der Waals surface area (Å²) in [7, 11) is 4.17. The highest BCUT2D eigenvalue weighted by molar-refractivity contribution is 5.33. The first kappa shape index (κ1) is 16.5. The van der Waals surface area contributed by atoms with Crippen LogP contribution < -0.4 is 10.1 Å². The lowest BCUT2D eigenvalue weighted by molar-refractivity contribution is 0.279. The summed E-state index contributed by atoms with van der Waals surface area (Å²) < 4.78 is 5.92. The van der Waals surface area contributed by atoms with Crippen molar-refractivity contribution < 1.29 is 4.74 Å². The predicted octanol–water partition coefficient (Wildman–Crippen LogP) is 3.31. The van der Waals surface area contributed by atoms with E-state index in [4.69, 9.17) is 4.74 Å². The lowest BCUT2D eigenvalue weighted by Gasteiger charge is -2.13. The van der Waals surface area contributed by atoms with Gasteiger partial charge in [-0.25, -0.2) is 0 Å². The molecule has 118 valence electrons. The molecule has 0 radical (unpaired) electrons. The van der Waals surface area contributed by atoms with Crippen LogP contribution in [0.4, 0.5) is 0 Å². The van der Waals surface area contributed by atoms with Gasteiger partial charge in [-0.3, -0.25) is 0 Å². The van der Waals surface area contributed by atoms with Crippen molar-refractivity contribution in [2.75, 3.05) is 27.2 Å². The Balaban J connectivity index is 1.80. The van der Waals surface area contributed by atoms with Crippen molar-refractivity contribution in [3.63, 3.8) is 0 Å². The van der Waals surface area contributed by atoms with Gasteiger partial charge < -0.3 is 15.0 Å². The van der Waals surface area contributed by atoms with Crippen LogP contribution >= 0.6 is 0 Å². The average molecular weight is 298 g/mol.